The van der Waals surface area contributed by atoms with Gasteiger partial charge in [-0.3, -0.25) is 0 Å². The van der Waals surface area contributed by atoms with Crippen molar-refractivity contribution in [3.05, 3.63) is 48.3 Å². The van der Waals surface area contributed by atoms with Crippen molar-refractivity contribution in [1.82, 2.24) is 19.9 Å². The van der Waals surface area contributed by atoms with Gasteiger partial charge in [-0.25, -0.2) is 24.5 Å². The average molecular weight is 663 g/mol. The molecule has 2 rings (SSSR count). The van der Waals surface area contributed by atoms with Crippen LogP contribution in [-0.2, 0) is 25.5 Å². The maximum atomic E-state index is 11.4. The molecule has 2 aromatic heterocycles. The average Bonchev–Trinajstić information content (AvgIpc) is 3.01. The van der Waals surface area contributed by atoms with Crippen molar-refractivity contribution in [1.29, 1.82) is 0 Å². The zero-order chi connectivity index (χ0) is 32.0. The molecular formula is C32H46N4O5S3. The van der Waals surface area contributed by atoms with Crippen LogP contribution in [0.15, 0.2) is 58.0 Å². The number of aryl methyl sites for hydroxylation is 1. The third kappa shape index (κ3) is 17.1. The third-order valence-electron chi connectivity index (χ3n) is 6.07. The highest BCUT2D eigenvalue weighted by molar-refractivity contribution is 7.99. The molecule has 0 radical (unpaired) electrons. The van der Waals surface area contributed by atoms with Crippen LogP contribution in [0.3, 0.4) is 0 Å². The van der Waals surface area contributed by atoms with E-state index >= 15 is 0 Å². The van der Waals surface area contributed by atoms with Crippen LogP contribution in [0.4, 0.5) is 0 Å². The summed E-state index contributed by atoms with van der Waals surface area (Å²) in [5.74, 6) is 1.86. The van der Waals surface area contributed by atoms with Crippen LogP contribution in [0.2, 0.25) is 0 Å². The first kappa shape index (κ1) is 37.6. The Labute approximate surface area is 275 Å². The number of esters is 2. The van der Waals surface area contributed by atoms with Gasteiger partial charge in [-0.15, -0.1) is 11.8 Å². The lowest BCUT2D eigenvalue weighted by Gasteiger charge is -2.08. The molecule has 44 heavy (non-hydrogen) atoms. The Morgan fingerprint density at radius 1 is 0.750 bits per heavy atom. The molecule has 0 bridgehead atoms. The number of aromatic nitrogens is 4. The second-order valence-electron chi connectivity index (χ2n) is 10.2. The van der Waals surface area contributed by atoms with E-state index in [0.29, 0.717) is 42.0 Å². The van der Waals surface area contributed by atoms with Gasteiger partial charge in [-0.2, -0.15) is 4.98 Å². The molecule has 0 fully saturated rings. The van der Waals surface area contributed by atoms with Crippen molar-refractivity contribution >= 4 is 47.2 Å². The number of carbonyl (C=O) groups is 2. The molecule has 0 atom stereocenters. The largest absolute Gasteiger partial charge is 0.478 e. The summed E-state index contributed by atoms with van der Waals surface area (Å²) in [6.07, 6.45) is 13.4. The minimum absolute atomic E-state index is 0.314. The fourth-order valence-corrected chi connectivity index (χ4v) is 5.88. The van der Waals surface area contributed by atoms with E-state index in [1.807, 2.05) is 6.26 Å². The number of hydrogen-bond donors (Lipinski definition) is 0. The lowest BCUT2D eigenvalue weighted by molar-refractivity contribution is -0.139. The van der Waals surface area contributed by atoms with Crippen molar-refractivity contribution in [3.63, 3.8) is 0 Å². The Morgan fingerprint density at radius 3 is 1.98 bits per heavy atom. The van der Waals surface area contributed by atoms with Crippen molar-refractivity contribution < 1.29 is 23.8 Å². The van der Waals surface area contributed by atoms with Gasteiger partial charge in [-0.1, -0.05) is 62.4 Å². The number of rotatable bonds is 24. The van der Waals surface area contributed by atoms with Crippen LogP contribution in [0, 0.1) is 0 Å². The van der Waals surface area contributed by atoms with Gasteiger partial charge in [0.1, 0.15) is 5.03 Å². The topological polar surface area (TPSA) is 113 Å². The Kier molecular flexibility index (Phi) is 19.5. The van der Waals surface area contributed by atoms with Gasteiger partial charge in [0.25, 0.3) is 0 Å². The van der Waals surface area contributed by atoms with Crippen molar-refractivity contribution in [2.24, 2.45) is 0 Å². The van der Waals surface area contributed by atoms with Gasteiger partial charge in [0.15, 0.2) is 10.3 Å². The molecule has 12 heteroatoms. The van der Waals surface area contributed by atoms with E-state index in [9.17, 15) is 9.59 Å². The summed E-state index contributed by atoms with van der Waals surface area (Å²) in [5, 5.41) is 2.50. The summed E-state index contributed by atoms with van der Waals surface area (Å²) in [6.45, 7) is 11.9. The molecule has 0 N–H and O–H groups in total. The molecule has 0 aliphatic rings. The summed E-state index contributed by atoms with van der Waals surface area (Å²) >= 11 is 4.93. The number of unbranched alkanes of at least 4 members (excludes halogenated alkanes) is 6. The van der Waals surface area contributed by atoms with Gasteiger partial charge in [0.2, 0.25) is 5.88 Å². The Morgan fingerprint density at radius 2 is 1.36 bits per heavy atom. The Balaban J connectivity index is 1.62. The van der Waals surface area contributed by atoms with Crippen molar-refractivity contribution in [3.8, 4) is 5.88 Å². The van der Waals surface area contributed by atoms with Crippen LogP contribution >= 0.6 is 35.3 Å². The molecule has 2 aromatic rings. The molecule has 242 valence electrons. The number of hydrogen-bond acceptors (Lipinski definition) is 12. The molecule has 0 aliphatic carbocycles. The van der Waals surface area contributed by atoms with Crippen LogP contribution in [0.25, 0.3) is 0 Å². The zero-order valence-corrected chi connectivity index (χ0v) is 28.8. The van der Waals surface area contributed by atoms with Gasteiger partial charge in [-0.05, 0) is 70.4 Å². The Hall–Kier alpha value is -2.57. The van der Waals surface area contributed by atoms with E-state index in [1.54, 1.807) is 61.4 Å². The minimum Gasteiger partial charge on any atom is -0.478 e. The van der Waals surface area contributed by atoms with Crippen LogP contribution < -0.4 is 4.74 Å². The highest BCUT2D eigenvalue weighted by atomic mass is 32.2. The molecule has 0 aromatic carbocycles. The number of ether oxygens (including phenoxy) is 3. The molecular weight excluding hydrogens is 617 g/mol. The van der Waals surface area contributed by atoms with E-state index in [-0.39, 0.29) is 11.9 Å². The smallest absolute Gasteiger partial charge is 0.333 e. The summed E-state index contributed by atoms with van der Waals surface area (Å²) in [4.78, 5) is 41.0. The van der Waals surface area contributed by atoms with Gasteiger partial charge in [0, 0.05) is 34.9 Å². The Bertz CT molecular complexity index is 1200. The monoisotopic (exact) mass is 662 g/mol. The van der Waals surface area contributed by atoms with Gasteiger partial charge in [0.05, 0.1) is 19.8 Å². The first-order chi connectivity index (χ1) is 21.3. The molecule has 0 amide bonds. The van der Waals surface area contributed by atoms with Crippen LogP contribution in [0.1, 0.15) is 77.3 Å². The summed E-state index contributed by atoms with van der Waals surface area (Å²) < 4.78 is 16.2. The molecule has 2 heterocycles. The van der Waals surface area contributed by atoms with Crippen LogP contribution in [0.5, 0.6) is 5.88 Å². The zero-order valence-electron chi connectivity index (χ0n) is 26.3. The molecule has 0 saturated heterocycles. The third-order valence-corrected chi connectivity index (χ3v) is 8.57. The summed E-state index contributed by atoms with van der Waals surface area (Å²) in [5.41, 5.74) is 1.89. The first-order valence-electron chi connectivity index (χ1n) is 15.1. The highest BCUT2D eigenvalue weighted by Crippen LogP contribution is 2.23. The van der Waals surface area contributed by atoms with Crippen LogP contribution in [-0.4, -0.2) is 69.5 Å². The molecule has 0 saturated carbocycles. The molecule has 0 unspecified atom stereocenters. The molecule has 9 nitrogen and oxygen atoms in total. The number of thioether (sulfide) groups is 3. The highest BCUT2D eigenvalue weighted by Gasteiger charge is 2.08. The number of nitrogens with zero attached hydrogens (tertiary/aromatic N) is 4. The normalized spacial score (nSPS) is 10.8. The standard InChI is InChI=1S/C32H46N4O5S3/c1-24(2)29(37)40-18-10-6-8-12-21-43-28-23-26(34-32(36-28)42-5)15-14-20-39-27-16-17-33-31(35-27)44-22-13-9-7-11-19-41-30(38)25(3)4/h16-17,23H,1,3,6-15,18-22H2,2,4-5H3. The summed E-state index contributed by atoms with van der Waals surface area (Å²) in [7, 11) is 0. The lowest BCUT2D eigenvalue weighted by Crippen LogP contribution is -2.06. The maximum absolute atomic E-state index is 11.4. The van der Waals surface area contributed by atoms with E-state index in [4.69, 9.17) is 14.2 Å². The SMILES string of the molecule is C=C(C)C(=O)OCCCCCCSc1cc(CCCOc2ccnc(SCCCCCCOC(=O)C(=C)C)n2)nc(SC)n1. The molecule has 0 spiro atoms. The van der Waals surface area contributed by atoms with Gasteiger partial charge < -0.3 is 14.2 Å². The fourth-order valence-electron chi connectivity index (χ4n) is 3.68. The van der Waals surface area contributed by atoms with E-state index < -0.39 is 0 Å². The molecule has 0 aliphatic heterocycles. The quantitative estimate of drug-likeness (QED) is 0.0276. The van der Waals surface area contributed by atoms with E-state index in [0.717, 1.165) is 91.6 Å². The second kappa shape index (κ2) is 22.9. The second-order valence-corrected chi connectivity index (χ2v) is 13.1. The predicted molar refractivity (Wildman–Crippen MR) is 180 cm³/mol. The predicted octanol–water partition coefficient (Wildman–Crippen LogP) is 7.54. The van der Waals surface area contributed by atoms with Crippen molar-refractivity contribution in [2.75, 3.05) is 37.6 Å². The van der Waals surface area contributed by atoms with Crippen molar-refractivity contribution in [2.45, 2.75) is 93.4 Å². The maximum Gasteiger partial charge on any atom is 0.333 e. The lowest BCUT2D eigenvalue weighted by atomic mass is 10.2. The fraction of sp³-hybridized carbons (Fsp3) is 0.562. The van der Waals surface area contributed by atoms with E-state index in [2.05, 4.69) is 39.2 Å². The number of carbonyl (C=O) groups excluding carboxylic acids is 2. The van der Waals surface area contributed by atoms with Gasteiger partial charge >= 0.3 is 11.9 Å². The van der Waals surface area contributed by atoms with E-state index in [1.165, 1.54) is 0 Å². The summed E-state index contributed by atoms with van der Waals surface area (Å²) in [6, 6.07) is 3.87. The first-order valence-corrected chi connectivity index (χ1v) is 18.3. The minimum atomic E-state index is -0.320.